The Kier molecular flexibility index (Phi) is 9.07. The maximum absolute atomic E-state index is 12.6. The third-order valence-corrected chi connectivity index (χ3v) is 4.93. The monoisotopic (exact) mass is 322 g/mol. The number of hydrogen-bond acceptors (Lipinski definition) is 3. The number of rotatable bonds is 10. The first-order valence-electron chi connectivity index (χ1n) is 7.97. The second-order valence-electron chi connectivity index (χ2n) is 4.93. The molecule has 1 aromatic rings. The molecule has 0 aliphatic heterocycles. The Morgan fingerprint density at radius 1 is 1.09 bits per heavy atom. The highest BCUT2D eigenvalue weighted by Crippen LogP contribution is 2.51. The normalized spacial score (nSPS) is 13.0. The molecule has 1 rings (SSSR count). The second-order valence-corrected chi connectivity index (χ2v) is 6.78. The average molecular weight is 322 g/mol. The average Bonchev–Trinajstić information content (AvgIpc) is 2.51. The van der Waals surface area contributed by atoms with Crippen molar-refractivity contribution in [2.24, 2.45) is 0 Å². The zero-order valence-corrected chi connectivity index (χ0v) is 14.7. The first-order chi connectivity index (χ1) is 10.6. The lowest BCUT2D eigenvalue weighted by Crippen LogP contribution is -1.94. The molecule has 4 heteroatoms. The molecule has 0 N–H and O–H groups in total. The van der Waals surface area contributed by atoms with E-state index in [-0.39, 0.29) is 0 Å². The van der Waals surface area contributed by atoms with E-state index in [4.69, 9.17) is 9.05 Å². The topological polar surface area (TPSA) is 35.5 Å². The summed E-state index contributed by atoms with van der Waals surface area (Å²) in [6.07, 6.45) is 7.04. The summed E-state index contributed by atoms with van der Waals surface area (Å²) >= 11 is 0. The molecule has 0 aromatic heterocycles. The highest BCUT2D eigenvalue weighted by atomic mass is 31.2. The maximum atomic E-state index is 12.6. The van der Waals surface area contributed by atoms with E-state index in [9.17, 15) is 4.57 Å². The minimum atomic E-state index is -3.15. The minimum Gasteiger partial charge on any atom is -0.306 e. The molecule has 0 aliphatic rings. The molecule has 0 atom stereocenters. The number of hydrogen-bond donors (Lipinski definition) is 0. The van der Waals surface area contributed by atoms with Crippen LogP contribution in [-0.4, -0.2) is 13.2 Å². The summed E-state index contributed by atoms with van der Waals surface area (Å²) in [4.78, 5) is 0. The molecule has 0 amide bonds. The Morgan fingerprint density at radius 2 is 1.73 bits per heavy atom. The van der Waals surface area contributed by atoms with Crippen LogP contribution in [0.3, 0.4) is 0 Å². The van der Waals surface area contributed by atoms with Gasteiger partial charge in [0.1, 0.15) is 0 Å². The van der Waals surface area contributed by atoms with Crippen LogP contribution in [0.1, 0.15) is 45.6 Å². The molecule has 0 aliphatic carbocycles. The molecule has 0 unspecified atom stereocenters. The van der Waals surface area contributed by atoms with Crippen molar-refractivity contribution < 1.29 is 13.6 Å². The smallest absolute Gasteiger partial charge is 0.306 e. The number of benzene rings is 1. The minimum absolute atomic E-state index is 0.372. The Hall–Kier alpha value is -1.15. The third-order valence-electron chi connectivity index (χ3n) is 3.05. The van der Waals surface area contributed by atoms with E-state index in [1.165, 1.54) is 0 Å². The Labute approximate surface area is 134 Å². The van der Waals surface area contributed by atoms with Crippen molar-refractivity contribution in [2.45, 2.75) is 40.0 Å². The van der Waals surface area contributed by atoms with Gasteiger partial charge >= 0.3 is 7.60 Å². The fourth-order valence-corrected chi connectivity index (χ4v) is 3.58. The van der Waals surface area contributed by atoms with Gasteiger partial charge in [-0.05, 0) is 37.8 Å². The summed E-state index contributed by atoms with van der Waals surface area (Å²) in [6, 6.07) is 10.1. The van der Waals surface area contributed by atoms with Gasteiger partial charge in [-0.15, -0.1) is 0 Å². The van der Waals surface area contributed by atoms with Gasteiger partial charge in [-0.3, -0.25) is 4.57 Å². The fraction of sp³-hybridized carbons (Fsp3) is 0.444. The molecule has 122 valence electrons. The lowest BCUT2D eigenvalue weighted by Gasteiger charge is -2.14. The number of unbranched alkanes of at least 4 members (excludes halogenated alkanes) is 1. The molecule has 0 bridgehead atoms. The Morgan fingerprint density at radius 3 is 2.27 bits per heavy atom. The van der Waals surface area contributed by atoms with Crippen molar-refractivity contribution in [3.63, 3.8) is 0 Å². The molecule has 0 heterocycles. The summed E-state index contributed by atoms with van der Waals surface area (Å²) in [6.45, 7) is 6.54. The summed E-state index contributed by atoms with van der Waals surface area (Å²) in [5.41, 5.74) is 2.11. The van der Waals surface area contributed by atoms with Crippen molar-refractivity contribution in [1.29, 1.82) is 0 Å². The second kappa shape index (κ2) is 10.6. The van der Waals surface area contributed by atoms with Gasteiger partial charge in [0.2, 0.25) is 0 Å². The van der Waals surface area contributed by atoms with Crippen molar-refractivity contribution in [2.75, 3.05) is 13.2 Å². The van der Waals surface area contributed by atoms with Crippen LogP contribution in [0.15, 0.2) is 47.8 Å². The van der Waals surface area contributed by atoms with Gasteiger partial charge in [-0.25, -0.2) is 0 Å². The molecule has 0 saturated carbocycles. The van der Waals surface area contributed by atoms with Gasteiger partial charge in [0, 0.05) is 5.82 Å². The van der Waals surface area contributed by atoms with Gasteiger partial charge in [0.25, 0.3) is 0 Å². The van der Waals surface area contributed by atoms with E-state index >= 15 is 0 Å². The van der Waals surface area contributed by atoms with Crippen LogP contribution in [0.25, 0.3) is 6.08 Å². The third kappa shape index (κ3) is 7.22. The van der Waals surface area contributed by atoms with Gasteiger partial charge in [0.15, 0.2) is 0 Å². The lowest BCUT2D eigenvalue weighted by atomic mass is 10.1. The largest absolute Gasteiger partial charge is 0.354 e. The highest BCUT2D eigenvalue weighted by molar-refractivity contribution is 7.57. The molecule has 0 radical (unpaired) electrons. The predicted molar refractivity (Wildman–Crippen MR) is 93.9 cm³/mol. The van der Waals surface area contributed by atoms with Crippen molar-refractivity contribution in [3.8, 4) is 0 Å². The van der Waals surface area contributed by atoms with Crippen LogP contribution in [0.2, 0.25) is 0 Å². The van der Waals surface area contributed by atoms with Crippen molar-refractivity contribution in [3.05, 3.63) is 53.4 Å². The Balaban J connectivity index is 2.97. The summed E-state index contributed by atoms with van der Waals surface area (Å²) in [5, 5.41) is 0. The summed E-state index contributed by atoms with van der Waals surface area (Å²) in [7, 11) is -3.15. The van der Waals surface area contributed by atoms with Crippen LogP contribution < -0.4 is 0 Å². The first-order valence-corrected chi connectivity index (χ1v) is 9.58. The van der Waals surface area contributed by atoms with Crippen LogP contribution >= 0.6 is 7.60 Å². The SMILES string of the molecule is CCCCC(/C=C/c1ccccc1)=C\P(=O)(OCC)OCC. The Bertz CT molecular complexity index is 510. The molecular weight excluding hydrogens is 295 g/mol. The van der Waals surface area contributed by atoms with Crippen LogP contribution in [0.4, 0.5) is 0 Å². The van der Waals surface area contributed by atoms with E-state index in [1.54, 1.807) is 5.82 Å². The van der Waals surface area contributed by atoms with Crippen molar-refractivity contribution in [1.82, 2.24) is 0 Å². The fourth-order valence-electron chi connectivity index (χ4n) is 2.01. The summed E-state index contributed by atoms with van der Waals surface area (Å²) < 4.78 is 23.4. The molecule has 1 aromatic carbocycles. The first kappa shape index (κ1) is 18.9. The molecule has 22 heavy (non-hydrogen) atoms. The van der Waals surface area contributed by atoms with Gasteiger partial charge in [-0.1, -0.05) is 55.8 Å². The van der Waals surface area contributed by atoms with Crippen molar-refractivity contribution >= 4 is 13.7 Å². The lowest BCUT2D eigenvalue weighted by molar-refractivity contribution is 0.228. The quantitative estimate of drug-likeness (QED) is 0.389. The molecule has 0 spiro atoms. The van der Waals surface area contributed by atoms with Gasteiger partial charge in [-0.2, -0.15) is 0 Å². The van der Waals surface area contributed by atoms with Crippen LogP contribution in [0.5, 0.6) is 0 Å². The molecule has 0 fully saturated rings. The molecule has 0 saturated heterocycles. The van der Waals surface area contributed by atoms with Gasteiger partial charge in [0.05, 0.1) is 13.2 Å². The molecular formula is C18H27O3P. The zero-order valence-electron chi connectivity index (χ0n) is 13.8. The maximum Gasteiger partial charge on any atom is 0.354 e. The van der Waals surface area contributed by atoms with E-state index in [2.05, 4.69) is 6.92 Å². The predicted octanol–water partition coefficient (Wildman–Crippen LogP) is 6.04. The van der Waals surface area contributed by atoms with E-state index < -0.39 is 7.60 Å². The summed E-state index contributed by atoms with van der Waals surface area (Å²) in [5.74, 6) is 1.68. The van der Waals surface area contributed by atoms with Crippen LogP contribution in [0, 0.1) is 0 Å². The highest BCUT2D eigenvalue weighted by Gasteiger charge is 2.20. The standard InChI is InChI=1S/C18H27O3P/c1-4-7-11-18(15-14-17-12-9-8-10-13-17)16-22(19,20-5-2)21-6-3/h8-10,12-16H,4-7,11H2,1-3H3/b15-14+,18-16+. The zero-order chi connectivity index (χ0) is 16.3. The van der Waals surface area contributed by atoms with E-state index in [0.717, 1.165) is 30.4 Å². The van der Waals surface area contributed by atoms with E-state index in [1.807, 2.05) is 56.3 Å². The van der Waals surface area contributed by atoms with E-state index in [0.29, 0.717) is 13.2 Å². The molecule has 3 nitrogen and oxygen atoms in total. The van der Waals surface area contributed by atoms with Crippen LogP contribution in [-0.2, 0) is 13.6 Å². The number of allylic oxidation sites excluding steroid dienone is 2. The van der Waals surface area contributed by atoms with Gasteiger partial charge < -0.3 is 9.05 Å².